The van der Waals surface area contributed by atoms with Crippen molar-refractivity contribution < 1.29 is 9.59 Å². The summed E-state index contributed by atoms with van der Waals surface area (Å²) >= 11 is 0. The molecule has 0 aliphatic rings. The van der Waals surface area contributed by atoms with Crippen molar-refractivity contribution in [1.82, 2.24) is 9.78 Å². The Labute approximate surface area is 181 Å². The molecule has 0 radical (unpaired) electrons. The van der Waals surface area contributed by atoms with Crippen LogP contribution in [0.1, 0.15) is 33.2 Å². The zero-order chi connectivity index (χ0) is 22.4. The zero-order valence-electron chi connectivity index (χ0n) is 17.8. The van der Waals surface area contributed by atoms with Crippen LogP contribution in [0.25, 0.3) is 11.3 Å². The van der Waals surface area contributed by atoms with Crippen molar-refractivity contribution in [2.75, 3.05) is 10.6 Å². The Morgan fingerprint density at radius 1 is 0.935 bits per heavy atom. The van der Waals surface area contributed by atoms with Gasteiger partial charge in [0, 0.05) is 17.2 Å². The maximum Gasteiger partial charge on any atom is 0.291 e. The maximum absolute atomic E-state index is 13.2. The van der Waals surface area contributed by atoms with Gasteiger partial charge in [-0.25, -0.2) is 4.68 Å². The van der Waals surface area contributed by atoms with Gasteiger partial charge in [0.25, 0.3) is 5.56 Å². The monoisotopic (exact) mass is 418 g/mol. The van der Waals surface area contributed by atoms with Crippen LogP contribution < -0.4 is 16.2 Å². The number of nitrogens with zero attached hydrogens (tertiary/aromatic N) is 2. The van der Waals surface area contributed by atoms with Crippen molar-refractivity contribution in [2.45, 2.75) is 33.2 Å². The fourth-order valence-electron chi connectivity index (χ4n) is 3.06. The van der Waals surface area contributed by atoms with Crippen LogP contribution >= 0.6 is 0 Å². The lowest BCUT2D eigenvalue weighted by Gasteiger charge is -2.19. The van der Waals surface area contributed by atoms with Crippen molar-refractivity contribution in [2.24, 2.45) is 5.92 Å². The summed E-state index contributed by atoms with van der Waals surface area (Å²) in [5.41, 5.74) is 1.47. The van der Waals surface area contributed by atoms with E-state index in [4.69, 9.17) is 0 Å². The van der Waals surface area contributed by atoms with Crippen molar-refractivity contribution in [1.29, 1.82) is 0 Å². The quantitative estimate of drug-likeness (QED) is 0.604. The first-order valence-electron chi connectivity index (χ1n) is 10.3. The molecule has 31 heavy (non-hydrogen) atoms. The standard InChI is InChI=1S/C24H26N4O3/c1-4-21(23(30)25-18-13-9-6-10-14-18)28-24(31)20(26-22(29)16(2)3)15-19(27-28)17-11-7-5-8-12-17/h5-16,21H,4H2,1-3H3,(H,25,30)(H,26,29)/t21-/m0/s1. The number of nitrogens with one attached hydrogen (secondary N) is 2. The molecule has 2 N–H and O–H groups in total. The van der Waals surface area contributed by atoms with Gasteiger partial charge in [0.05, 0.1) is 5.69 Å². The van der Waals surface area contributed by atoms with Gasteiger partial charge in [0.1, 0.15) is 11.7 Å². The summed E-state index contributed by atoms with van der Waals surface area (Å²) in [6.45, 7) is 5.30. The van der Waals surface area contributed by atoms with Crippen LogP contribution in [0.4, 0.5) is 11.4 Å². The maximum atomic E-state index is 13.2. The van der Waals surface area contributed by atoms with Gasteiger partial charge in [-0.05, 0) is 24.6 Å². The van der Waals surface area contributed by atoms with E-state index in [1.165, 1.54) is 0 Å². The van der Waals surface area contributed by atoms with Crippen LogP contribution in [0.5, 0.6) is 0 Å². The lowest BCUT2D eigenvalue weighted by Crippen LogP contribution is -2.37. The third kappa shape index (κ3) is 5.25. The van der Waals surface area contributed by atoms with E-state index in [0.717, 1.165) is 10.2 Å². The molecule has 3 rings (SSSR count). The van der Waals surface area contributed by atoms with Crippen molar-refractivity contribution >= 4 is 23.2 Å². The van der Waals surface area contributed by atoms with Gasteiger partial charge < -0.3 is 10.6 Å². The molecule has 1 heterocycles. The molecule has 0 spiro atoms. The molecule has 2 amide bonds. The first-order valence-corrected chi connectivity index (χ1v) is 10.3. The summed E-state index contributed by atoms with van der Waals surface area (Å²) in [4.78, 5) is 38.4. The molecule has 0 unspecified atom stereocenters. The topological polar surface area (TPSA) is 93.1 Å². The number of benzene rings is 2. The van der Waals surface area contributed by atoms with E-state index in [0.29, 0.717) is 17.8 Å². The van der Waals surface area contributed by atoms with Crippen LogP contribution in [0, 0.1) is 5.92 Å². The van der Waals surface area contributed by atoms with Gasteiger partial charge in [-0.15, -0.1) is 0 Å². The Kier molecular flexibility index (Phi) is 6.97. The first kappa shape index (κ1) is 22.0. The molecule has 1 atom stereocenters. The molecule has 160 valence electrons. The van der Waals surface area contributed by atoms with Gasteiger partial charge in [-0.3, -0.25) is 14.4 Å². The molecular weight excluding hydrogens is 392 g/mol. The minimum Gasteiger partial charge on any atom is -0.324 e. The van der Waals surface area contributed by atoms with Crippen LogP contribution in [-0.4, -0.2) is 21.6 Å². The molecule has 0 aliphatic heterocycles. The molecule has 7 nitrogen and oxygen atoms in total. The van der Waals surface area contributed by atoms with Gasteiger partial charge >= 0.3 is 0 Å². The van der Waals surface area contributed by atoms with Crippen LogP contribution in [0.2, 0.25) is 0 Å². The predicted octanol–water partition coefficient (Wildman–Crippen LogP) is 4.09. The minimum atomic E-state index is -0.842. The summed E-state index contributed by atoms with van der Waals surface area (Å²) < 4.78 is 1.16. The second-order valence-corrected chi connectivity index (χ2v) is 7.48. The number of anilines is 2. The van der Waals surface area contributed by atoms with E-state index in [9.17, 15) is 14.4 Å². The number of carbonyl (C=O) groups excluding carboxylic acids is 2. The number of carbonyl (C=O) groups is 2. The Hall–Kier alpha value is -3.74. The number of hydrogen-bond donors (Lipinski definition) is 2. The van der Waals surface area contributed by atoms with Gasteiger partial charge in [-0.2, -0.15) is 5.10 Å². The van der Waals surface area contributed by atoms with E-state index < -0.39 is 11.6 Å². The molecule has 0 bridgehead atoms. The van der Waals surface area contributed by atoms with E-state index in [-0.39, 0.29) is 23.4 Å². The summed E-state index contributed by atoms with van der Waals surface area (Å²) in [5.74, 6) is -0.935. The van der Waals surface area contributed by atoms with Crippen molar-refractivity contribution in [3.05, 3.63) is 77.1 Å². The lowest BCUT2D eigenvalue weighted by atomic mass is 10.1. The van der Waals surface area contributed by atoms with E-state index in [2.05, 4.69) is 15.7 Å². The molecule has 0 saturated carbocycles. The summed E-state index contributed by atoms with van der Waals surface area (Å²) in [5, 5.41) is 10.00. The minimum absolute atomic E-state index is 0.0958. The highest BCUT2D eigenvalue weighted by Gasteiger charge is 2.24. The summed E-state index contributed by atoms with van der Waals surface area (Å²) in [7, 11) is 0. The number of aromatic nitrogens is 2. The normalized spacial score (nSPS) is 11.7. The van der Waals surface area contributed by atoms with Crippen LogP contribution in [-0.2, 0) is 9.59 Å². The van der Waals surface area contributed by atoms with Crippen LogP contribution in [0.15, 0.2) is 71.5 Å². The molecule has 7 heteroatoms. The first-order chi connectivity index (χ1) is 14.9. The smallest absolute Gasteiger partial charge is 0.291 e. The second kappa shape index (κ2) is 9.84. The Balaban J connectivity index is 2.06. The lowest BCUT2D eigenvalue weighted by molar-refractivity contribution is -0.120. The highest BCUT2D eigenvalue weighted by Crippen LogP contribution is 2.21. The Bertz CT molecular complexity index is 1110. The van der Waals surface area contributed by atoms with Crippen LogP contribution in [0.3, 0.4) is 0 Å². The average molecular weight is 418 g/mol. The van der Waals surface area contributed by atoms with Gasteiger partial charge in [0.15, 0.2) is 0 Å². The number of para-hydroxylation sites is 1. The van der Waals surface area contributed by atoms with E-state index in [1.807, 2.05) is 55.5 Å². The molecule has 0 fully saturated rings. The predicted molar refractivity (Wildman–Crippen MR) is 122 cm³/mol. The van der Waals surface area contributed by atoms with Crippen molar-refractivity contribution in [3.63, 3.8) is 0 Å². The number of amides is 2. The van der Waals surface area contributed by atoms with Crippen molar-refractivity contribution in [3.8, 4) is 11.3 Å². The summed E-state index contributed by atoms with van der Waals surface area (Å²) in [6, 6.07) is 19.1. The van der Waals surface area contributed by atoms with E-state index >= 15 is 0 Å². The third-order valence-electron chi connectivity index (χ3n) is 4.81. The molecule has 0 aliphatic carbocycles. The Morgan fingerprint density at radius 2 is 1.55 bits per heavy atom. The Morgan fingerprint density at radius 3 is 2.13 bits per heavy atom. The zero-order valence-corrected chi connectivity index (χ0v) is 17.8. The number of hydrogen-bond acceptors (Lipinski definition) is 4. The highest BCUT2D eigenvalue weighted by molar-refractivity contribution is 5.94. The highest BCUT2D eigenvalue weighted by atomic mass is 16.2. The second-order valence-electron chi connectivity index (χ2n) is 7.48. The molecular formula is C24H26N4O3. The fraction of sp³-hybridized carbons (Fsp3) is 0.250. The summed E-state index contributed by atoms with van der Waals surface area (Å²) in [6.07, 6.45) is 0.349. The fourth-order valence-corrected chi connectivity index (χ4v) is 3.06. The largest absolute Gasteiger partial charge is 0.324 e. The average Bonchev–Trinajstić information content (AvgIpc) is 2.77. The van der Waals surface area contributed by atoms with E-state index in [1.54, 1.807) is 32.0 Å². The SMILES string of the molecule is CC[C@@H](C(=O)Nc1ccccc1)n1nc(-c2ccccc2)cc(NC(=O)C(C)C)c1=O. The molecule has 1 aromatic heterocycles. The third-order valence-corrected chi connectivity index (χ3v) is 4.81. The molecule has 2 aromatic carbocycles. The molecule has 0 saturated heterocycles. The van der Waals surface area contributed by atoms with Gasteiger partial charge in [-0.1, -0.05) is 69.3 Å². The van der Waals surface area contributed by atoms with Gasteiger partial charge in [0.2, 0.25) is 11.8 Å². The molecule has 3 aromatic rings. The number of rotatable bonds is 7.